The molecule has 4 rings (SSSR count). The van der Waals surface area contributed by atoms with E-state index < -0.39 is 0 Å². The van der Waals surface area contributed by atoms with Crippen molar-refractivity contribution < 1.29 is 14.0 Å². The molecule has 1 fully saturated rings. The molecule has 2 aromatic rings. The molecule has 0 aliphatic carbocycles. The Morgan fingerprint density at radius 2 is 1.48 bits per heavy atom. The van der Waals surface area contributed by atoms with E-state index in [1.165, 1.54) is 11.3 Å². The zero-order valence-corrected chi connectivity index (χ0v) is 13.0. The molecule has 23 heavy (non-hydrogen) atoms. The summed E-state index contributed by atoms with van der Waals surface area (Å²) in [7, 11) is 0. The number of hydrogen-bond donors (Lipinski definition) is 0. The highest BCUT2D eigenvalue weighted by Crippen LogP contribution is 2.34. The zero-order chi connectivity index (χ0) is 15.5. The fourth-order valence-corrected chi connectivity index (χ4v) is 3.13. The molecule has 0 aromatic heterocycles. The summed E-state index contributed by atoms with van der Waals surface area (Å²) in [6, 6.07) is 20.7. The van der Waals surface area contributed by atoms with Crippen molar-refractivity contribution in [2.24, 2.45) is 0 Å². The van der Waals surface area contributed by atoms with Crippen LogP contribution in [0.1, 0.15) is 17.2 Å². The van der Waals surface area contributed by atoms with Gasteiger partial charge in [-0.3, -0.25) is 0 Å². The van der Waals surface area contributed by atoms with E-state index in [9.17, 15) is 0 Å². The van der Waals surface area contributed by atoms with E-state index in [0.717, 1.165) is 37.6 Å². The molecule has 0 amide bonds. The van der Waals surface area contributed by atoms with Crippen molar-refractivity contribution in [3.8, 4) is 0 Å². The number of benzene rings is 2. The highest BCUT2D eigenvalue weighted by Gasteiger charge is 2.35. The van der Waals surface area contributed by atoms with Gasteiger partial charge in [-0.2, -0.15) is 0 Å². The second-order valence-corrected chi connectivity index (χ2v) is 5.81. The number of rotatable bonds is 2. The van der Waals surface area contributed by atoms with Crippen LogP contribution in [0.15, 0.2) is 66.7 Å². The van der Waals surface area contributed by atoms with Crippen LogP contribution in [0.4, 0.5) is 0 Å². The monoisotopic (exact) mass is 306 g/mol. The third-order valence-corrected chi connectivity index (χ3v) is 4.33. The van der Waals surface area contributed by atoms with Gasteiger partial charge in [0.2, 0.25) is 11.8 Å². The van der Waals surface area contributed by atoms with Crippen molar-refractivity contribution >= 4 is 11.5 Å². The molecule has 1 unspecified atom stereocenters. The normalized spacial score (nSPS) is 21.0. The highest BCUT2D eigenvalue weighted by molar-refractivity contribution is 6.03. The molecule has 3 nitrogen and oxygen atoms in total. The molecule has 2 aliphatic heterocycles. The topological polar surface area (TPSA) is 21.5 Å². The Balaban J connectivity index is 1.75. The third-order valence-electron chi connectivity index (χ3n) is 4.33. The van der Waals surface area contributed by atoms with Gasteiger partial charge in [-0.15, -0.1) is 0 Å². The molecular weight excluding hydrogens is 286 g/mol. The van der Waals surface area contributed by atoms with Gasteiger partial charge in [-0.1, -0.05) is 60.7 Å². The SMILES string of the molecule is C1=C(c2ccccc2)OC(c2ccccc2)C1=[N+]1CCOCC1. The summed E-state index contributed by atoms with van der Waals surface area (Å²) in [6.45, 7) is 3.39. The van der Waals surface area contributed by atoms with Gasteiger partial charge in [-0.25, -0.2) is 4.58 Å². The average molecular weight is 306 g/mol. The van der Waals surface area contributed by atoms with E-state index in [1.54, 1.807) is 0 Å². The molecule has 1 atom stereocenters. The van der Waals surface area contributed by atoms with Gasteiger partial charge in [-0.05, 0) is 0 Å². The van der Waals surface area contributed by atoms with Crippen molar-refractivity contribution in [1.29, 1.82) is 0 Å². The minimum Gasteiger partial charge on any atom is -0.474 e. The van der Waals surface area contributed by atoms with Gasteiger partial charge in [0.15, 0.2) is 13.1 Å². The molecule has 0 saturated carbocycles. The fourth-order valence-electron chi connectivity index (χ4n) is 3.13. The van der Waals surface area contributed by atoms with Gasteiger partial charge >= 0.3 is 0 Å². The van der Waals surface area contributed by atoms with Gasteiger partial charge in [0.05, 0.1) is 6.08 Å². The first-order valence-corrected chi connectivity index (χ1v) is 8.10. The summed E-state index contributed by atoms with van der Waals surface area (Å²) in [6.07, 6.45) is 2.16. The zero-order valence-electron chi connectivity index (χ0n) is 13.0. The molecule has 1 saturated heterocycles. The quantitative estimate of drug-likeness (QED) is 0.794. The smallest absolute Gasteiger partial charge is 0.225 e. The van der Waals surface area contributed by atoms with Gasteiger partial charge in [0.1, 0.15) is 19.0 Å². The van der Waals surface area contributed by atoms with Crippen molar-refractivity contribution in [2.45, 2.75) is 6.10 Å². The van der Waals surface area contributed by atoms with Gasteiger partial charge in [0, 0.05) is 11.1 Å². The number of ether oxygens (including phenoxy) is 2. The maximum absolute atomic E-state index is 6.34. The van der Waals surface area contributed by atoms with Crippen LogP contribution in [0.25, 0.3) is 5.76 Å². The molecule has 0 spiro atoms. The molecule has 2 aliphatic rings. The molecule has 2 heterocycles. The Morgan fingerprint density at radius 1 is 0.826 bits per heavy atom. The Kier molecular flexibility index (Phi) is 3.95. The second kappa shape index (κ2) is 6.39. The summed E-state index contributed by atoms with van der Waals surface area (Å²) in [5, 5.41) is 0. The minimum absolute atomic E-state index is 0.0375. The molecule has 0 radical (unpaired) electrons. The first kappa shape index (κ1) is 14.2. The predicted octanol–water partition coefficient (Wildman–Crippen LogP) is 3.28. The van der Waals surface area contributed by atoms with E-state index >= 15 is 0 Å². The first-order chi connectivity index (χ1) is 11.4. The number of morpholine rings is 1. The maximum atomic E-state index is 6.34. The Morgan fingerprint density at radius 3 is 2.17 bits per heavy atom. The van der Waals surface area contributed by atoms with Crippen LogP contribution in [0.3, 0.4) is 0 Å². The van der Waals surface area contributed by atoms with Crippen molar-refractivity contribution in [3.05, 3.63) is 77.9 Å². The van der Waals surface area contributed by atoms with Crippen LogP contribution in [0.2, 0.25) is 0 Å². The van der Waals surface area contributed by atoms with E-state index in [0.29, 0.717) is 0 Å². The summed E-state index contributed by atoms with van der Waals surface area (Å²) in [5.41, 5.74) is 3.55. The standard InChI is InChI=1S/C20H20NO2/c1-3-7-16(8-4-1)19-15-18(21-11-13-22-14-12-21)20(23-19)17-9-5-2-6-10-17/h1-10,15,20H,11-14H2/q+1. The van der Waals surface area contributed by atoms with Crippen LogP contribution in [-0.2, 0) is 9.47 Å². The Hall–Kier alpha value is -2.39. The van der Waals surface area contributed by atoms with Crippen molar-refractivity contribution in [3.63, 3.8) is 0 Å². The Labute approximate surface area is 136 Å². The first-order valence-electron chi connectivity index (χ1n) is 8.10. The molecular formula is C20H20NO2+. The van der Waals surface area contributed by atoms with E-state index in [-0.39, 0.29) is 6.10 Å². The average Bonchev–Trinajstić information content (AvgIpc) is 3.09. The summed E-state index contributed by atoms with van der Waals surface area (Å²) in [4.78, 5) is 0. The molecule has 0 bridgehead atoms. The largest absolute Gasteiger partial charge is 0.474 e. The summed E-state index contributed by atoms with van der Waals surface area (Å²) in [5.74, 6) is 0.945. The van der Waals surface area contributed by atoms with Gasteiger partial charge < -0.3 is 9.47 Å². The Bertz CT molecular complexity index is 727. The highest BCUT2D eigenvalue weighted by atomic mass is 16.5. The van der Waals surface area contributed by atoms with Gasteiger partial charge in [0.25, 0.3) is 0 Å². The molecule has 2 aromatic carbocycles. The maximum Gasteiger partial charge on any atom is 0.225 e. The van der Waals surface area contributed by atoms with Crippen LogP contribution in [0, 0.1) is 0 Å². The number of nitrogens with zero attached hydrogens (tertiary/aromatic N) is 1. The molecule has 0 N–H and O–H groups in total. The molecule has 116 valence electrons. The lowest BCUT2D eigenvalue weighted by Gasteiger charge is -2.17. The van der Waals surface area contributed by atoms with E-state index in [4.69, 9.17) is 9.47 Å². The number of hydrogen-bond acceptors (Lipinski definition) is 2. The third kappa shape index (κ3) is 2.92. The van der Waals surface area contributed by atoms with Crippen molar-refractivity contribution in [1.82, 2.24) is 0 Å². The lowest BCUT2D eigenvalue weighted by atomic mass is 10.1. The van der Waals surface area contributed by atoms with Crippen molar-refractivity contribution in [2.75, 3.05) is 26.3 Å². The van der Waals surface area contributed by atoms with Crippen LogP contribution < -0.4 is 0 Å². The van der Waals surface area contributed by atoms with E-state index in [1.807, 2.05) is 24.3 Å². The lowest BCUT2D eigenvalue weighted by Crippen LogP contribution is -2.34. The van der Waals surface area contributed by atoms with Crippen LogP contribution >= 0.6 is 0 Å². The summed E-state index contributed by atoms with van der Waals surface area (Å²) >= 11 is 0. The summed E-state index contributed by atoms with van der Waals surface area (Å²) < 4.78 is 14.2. The second-order valence-electron chi connectivity index (χ2n) is 5.81. The fraction of sp³-hybridized carbons (Fsp3) is 0.250. The molecule has 3 heteroatoms. The van der Waals surface area contributed by atoms with Crippen LogP contribution in [0.5, 0.6) is 0 Å². The predicted molar refractivity (Wildman–Crippen MR) is 90.5 cm³/mol. The van der Waals surface area contributed by atoms with Crippen LogP contribution in [-0.4, -0.2) is 36.6 Å². The lowest BCUT2D eigenvalue weighted by molar-refractivity contribution is -0.550. The van der Waals surface area contributed by atoms with E-state index in [2.05, 4.69) is 47.0 Å². The minimum atomic E-state index is -0.0375.